The zero-order valence-corrected chi connectivity index (χ0v) is 11.8. The van der Waals surface area contributed by atoms with Crippen LogP contribution in [0.4, 0.5) is 0 Å². The predicted octanol–water partition coefficient (Wildman–Crippen LogP) is 1.46. The molecule has 6 nitrogen and oxygen atoms in total. The quantitative estimate of drug-likeness (QED) is 0.802. The van der Waals surface area contributed by atoms with E-state index in [0.717, 1.165) is 0 Å². The number of amides is 1. The molecule has 112 valence electrons. The minimum Gasteiger partial charge on any atom is -0.497 e. The first-order valence-electron chi connectivity index (χ1n) is 6.49. The van der Waals surface area contributed by atoms with E-state index in [1.165, 1.54) is 14.2 Å². The maximum absolute atomic E-state index is 12.3. The van der Waals surface area contributed by atoms with Crippen molar-refractivity contribution in [2.45, 2.75) is 12.5 Å². The normalized spacial score (nSPS) is 20.1. The standard InChI is InChI=1S/C15H17NO5/c1-20-11-5-6-13(21-2)12(8-11)14(17)16-10-4-3-9(7-10)15(18)19/h3-6,8-10H,7H2,1-2H3,(H,16,17)(H,18,19). The maximum Gasteiger partial charge on any atom is 0.310 e. The van der Waals surface area contributed by atoms with Crippen LogP contribution in [0.2, 0.25) is 0 Å². The molecule has 0 saturated heterocycles. The largest absolute Gasteiger partial charge is 0.497 e. The summed E-state index contributed by atoms with van der Waals surface area (Å²) in [4.78, 5) is 23.2. The second-order valence-corrected chi connectivity index (χ2v) is 4.71. The molecule has 0 spiro atoms. The van der Waals surface area contributed by atoms with Crippen LogP contribution in [0.5, 0.6) is 11.5 Å². The van der Waals surface area contributed by atoms with Crippen LogP contribution in [-0.4, -0.2) is 37.2 Å². The van der Waals surface area contributed by atoms with Gasteiger partial charge >= 0.3 is 5.97 Å². The summed E-state index contributed by atoms with van der Waals surface area (Å²) in [6.45, 7) is 0. The molecular formula is C15H17NO5. The number of methoxy groups -OCH3 is 2. The van der Waals surface area contributed by atoms with Crippen molar-refractivity contribution in [3.63, 3.8) is 0 Å². The summed E-state index contributed by atoms with van der Waals surface area (Å²) in [5, 5.41) is 11.7. The number of benzene rings is 1. The van der Waals surface area contributed by atoms with Gasteiger partial charge < -0.3 is 19.9 Å². The van der Waals surface area contributed by atoms with Gasteiger partial charge in [0.2, 0.25) is 0 Å². The molecule has 6 heteroatoms. The predicted molar refractivity (Wildman–Crippen MR) is 75.7 cm³/mol. The molecule has 0 fully saturated rings. The third-order valence-electron chi connectivity index (χ3n) is 3.37. The lowest BCUT2D eigenvalue weighted by molar-refractivity contribution is -0.140. The highest BCUT2D eigenvalue weighted by Gasteiger charge is 2.26. The molecule has 1 amide bonds. The summed E-state index contributed by atoms with van der Waals surface area (Å²) in [5.41, 5.74) is 0.351. The van der Waals surface area contributed by atoms with Crippen molar-refractivity contribution >= 4 is 11.9 Å². The van der Waals surface area contributed by atoms with Crippen LogP contribution < -0.4 is 14.8 Å². The van der Waals surface area contributed by atoms with Crippen LogP contribution in [0.3, 0.4) is 0 Å². The fourth-order valence-electron chi connectivity index (χ4n) is 2.23. The third kappa shape index (κ3) is 3.34. The number of rotatable bonds is 5. The molecule has 0 radical (unpaired) electrons. The number of carbonyl (C=O) groups excluding carboxylic acids is 1. The summed E-state index contributed by atoms with van der Waals surface area (Å²) in [7, 11) is 3.00. The Balaban J connectivity index is 2.10. The zero-order valence-electron chi connectivity index (χ0n) is 11.8. The van der Waals surface area contributed by atoms with Crippen molar-refractivity contribution < 1.29 is 24.2 Å². The SMILES string of the molecule is COc1ccc(OC)c(C(=O)NC2C=CC(C(=O)O)C2)c1. The Bertz CT molecular complexity index is 581. The molecule has 2 atom stereocenters. The molecule has 0 aliphatic heterocycles. The molecule has 0 saturated carbocycles. The van der Waals surface area contributed by atoms with Crippen LogP contribution in [0.15, 0.2) is 30.4 Å². The molecule has 0 bridgehead atoms. The zero-order chi connectivity index (χ0) is 15.4. The number of aliphatic carboxylic acids is 1. The molecule has 1 aromatic rings. The molecular weight excluding hydrogens is 274 g/mol. The van der Waals surface area contributed by atoms with E-state index >= 15 is 0 Å². The van der Waals surface area contributed by atoms with E-state index in [0.29, 0.717) is 23.5 Å². The van der Waals surface area contributed by atoms with Gasteiger partial charge in [0.25, 0.3) is 5.91 Å². The van der Waals surface area contributed by atoms with Crippen molar-refractivity contribution in [2.24, 2.45) is 5.92 Å². The summed E-state index contributed by atoms with van der Waals surface area (Å²) in [6, 6.07) is 4.64. The van der Waals surface area contributed by atoms with Gasteiger partial charge in [0.15, 0.2) is 0 Å². The van der Waals surface area contributed by atoms with Crippen molar-refractivity contribution in [1.82, 2.24) is 5.32 Å². The minimum atomic E-state index is -0.887. The van der Waals surface area contributed by atoms with Gasteiger partial charge in [-0.3, -0.25) is 9.59 Å². The number of hydrogen-bond acceptors (Lipinski definition) is 4. The number of ether oxygens (including phenoxy) is 2. The lowest BCUT2D eigenvalue weighted by Gasteiger charge is -2.14. The van der Waals surface area contributed by atoms with E-state index in [-0.39, 0.29) is 11.9 Å². The first-order valence-corrected chi connectivity index (χ1v) is 6.49. The Kier molecular flexibility index (Phi) is 4.47. The monoisotopic (exact) mass is 291 g/mol. The Labute approximate surface area is 122 Å². The second kappa shape index (κ2) is 6.30. The van der Waals surface area contributed by atoms with Crippen molar-refractivity contribution in [3.8, 4) is 11.5 Å². The summed E-state index contributed by atoms with van der Waals surface area (Å²) >= 11 is 0. The van der Waals surface area contributed by atoms with Crippen LogP contribution in [0, 0.1) is 5.92 Å². The molecule has 1 aromatic carbocycles. The summed E-state index contributed by atoms with van der Waals surface area (Å²) in [6.07, 6.45) is 3.65. The van der Waals surface area contributed by atoms with Crippen LogP contribution >= 0.6 is 0 Å². The van der Waals surface area contributed by atoms with Crippen LogP contribution in [-0.2, 0) is 4.79 Å². The van der Waals surface area contributed by atoms with Crippen molar-refractivity contribution in [2.75, 3.05) is 14.2 Å². The lowest BCUT2D eigenvalue weighted by atomic mass is 10.1. The Morgan fingerprint density at radius 1 is 1.24 bits per heavy atom. The Morgan fingerprint density at radius 3 is 2.57 bits per heavy atom. The van der Waals surface area contributed by atoms with E-state index in [1.54, 1.807) is 30.4 Å². The summed E-state index contributed by atoms with van der Waals surface area (Å²) in [5.74, 6) is -0.785. The highest BCUT2D eigenvalue weighted by atomic mass is 16.5. The number of carboxylic acid groups (broad SMARTS) is 1. The van der Waals surface area contributed by atoms with Gasteiger partial charge in [0, 0.05) is 6.04 Å². The van der Waals surface area contributed by atoms with Gasteiger partial charge in [0.1, 0.15) is 11.5 Å². The smallest absolute Gasteiger partial charge is 0.310 e. The fraction of sp³-hybridized carbons (Fsp3) is 0.333. The van der Waals surface area contributed by atoms with Gasteiger partial charge in [-0.25, -0.2) is 0 Å². The van der Waals surface area contributed by atoms with Crippen LogP contribution in [0.25, 0.3) is 0 Å². The number of hydrogen-bond donors (Lipinski definition) is 2. The van der Waals surface area contributed by atoms with Crippen LogP contribution in [0.1, 0.15) is 16.8 Å². The summed E-state index contributed by atoms with van der Waals surface area (Å²) < 4.78 is 10.3. The van der Waals surface area contributed by atoms with E-state index in [2.05, 4.69) is 5.32 Å². The lowest BCUT2D eigenvalue weighted by Crippen LogP contribution is -2.33. The first-order chi connectivity index (χ1) is 10.0. The van der Waals surface area contributed by atoms with Gasteiger partial charge in [-0.15, -0.1) is 0 Å². The minimum absolute atomic E-state index is 0.297. The first kappa shape index (κ1) is 14.9. The van der Waals surface area contributed by atoms with Crippen molar-refractivity contribution in [3.05, 3.63) is 35.9 Å². The van der Waals surface area contributed by atoms with E-state index < -0.39 is 11.9 Å². The van der Waals surface area contributed by atoms with Crippen molar-refractivity contribution in [1.29, 1.82) is 0 Å². The molecule has 0 heterocycles. The molecule has 1 aliphatic carbocycles. The third-order valence-corrected chi connectivity index (χ3v) is 3.37. The van der Waals surface area contributed by atoms with Gasteiger partial charge in [-0.1, -0.05) is 12.2 Å². The molecule has 2 rings (SSSR count). The Hall–Kier alpha value is -2.50. The van der Waals surface area contributed by atoms with E-state index in [4.69, 9.17) is 14.6 Å². The average Bonchev–Trinajstić information content (AvgIpc) is 2.95. The highest BCUT2D eigenvalue weighted by molar-refractivity contribution is 5.97. The topological polar surface area (TPSA) is 84.9 Å². The van der Waals surface area contributed by atoms with Gasteiger partial charge in [-0.2, -0.15) is 0 Å². The van der Waals surface area contributed by atoms with Gasteiger partial charge in [0.05, 0.1) is 25.7 Å². The number of carboxylic acids is 1. The fourth-order valence-corrected chi connectivity index (χ4v) is 2.23. The maximum atomic E-state index is 12.3. The molecule has 2 N–H and O–H groups in total. The molecule has 0 aromatic heterocycles. The Morgan fingerprint density at radius 2 is 2.00 bits per heavy atom. The highest BCUT2D eigenvalue weighted by Crippen LogP contribution is 2.25. The second-order valence-electron chi connectivity index (χ2n) is 4.71. The number of nitrogens with one attached hydrogen (secondary N) is 1. The number of carbonyl (C=O) groups is 2. The molecule has 1 aliphatic rings. The molecule has 2 unspecified atom stereocenters. The van der Waals surface area contributed by atoms with E-state index in [9.17, 15) is 9.59 Å². The van der Waals surface area contributed by atoms with Gasteiger partial charge in [-0.05, 0) is 24.6 Å². The average molecular weight is 291 g/mol. The van der Waals surface area contributed by atoms with E-state index in [1.807, 2.05) is 0 Å². The molecule has 21 heavy (non-hydrogen) atoms.